The molecule has 4 nitrogen and oxygen atoms in total. The van der Waals surface area contributed by atoms with E-state index < -0.39 is 0 Å². The van der Waals surface area contributed by atoms with Crippen molar-refractivity contribution in [3.05, 3.63) is 101 Å². The normalized spacial score (nSPS) is 15.4. The Balaban J connectivity index is 1.72. The Hall–Kier alpha value is -3.50. The minimum Gasteiger partial charge on any atom is -0.493 e. The molecule has 0 aromatic heterocycles. The second-order valence-electron chi connectivity index (χ2n) is 8.13. The number of anilines is 1. The highest BCUT2D eigenvalue weighted by atomic mass is 35.5. The molecule has 1 aliphatic heterocycles. The summed E-state index contributed by atoms with van der Waals surface area (Å²) in [7, 11) is 3.27. The average Bonchev–Trinajstić information content (AvgIpc) is 2.85. The molecule has 1 heterocycles. The van der Waals surface area contributed by atoms with Crippen LogP contribution in [0.4, 0.5) is 5.69 Å². The van der Waals surface area contributed by atoms with E-state index in [1.807, 2.05) is 65.6 Å². The van der Waals surface area contributed by atoms with Crippen LogP contribution in [0.3, 0.4) is 0 Å². The Morgan fingerprint density at radius 1 is 0.909 bits per heavy atom. The monoisotopic (exact) mass is 457 g/mol. The number of halogens is 1. The number of carbonyl (C=O) groups excluding carboxylic acids is 1. The smallest absolute Gasteiger partial charge is 0.228 e. The van der Waals surface area contributed by atoms with Crippen LogP contribution in [0.15, 0.2) is 78.9 Å². The van der Waals surface area contributed by atoms with Crippen LogP contribution < -0.4 is 14.4 Å². The van der Waals surface area contributed by atoms with E-state index in [4.69, 9.17) is 21.1 Å². The molecular weight excluding hydrogens is 434 g/mol. The lowest BCUT2D eigenvalue weighted by molar-refractivity contribution is -0.119. The number of amides is 1. The first kappa shape index (κ1) is 21.4. The third-order valence-corrected chi connectivity index (χ3v) is 6.73. The molecule has 0 saturated heterocycles. The maximum Gasteiger partial charge on any atom is 0.228 e. The van der Waals surface area contributed by atoms with Crippen LogP contribution in [0.1, 0.15) is 29.0 Å². The number of nitrogens with zero attached hydrogens (tertiary/aromatic N) is 1. The van der Waals surface area contributed by atoms with E-state index in [9.17, 15) is 4.79 Å². The molecule has 0 spiro atoms. The molecule has 4 aromatic rings. The van der Waals surface area contributed by atoms with Gasteiger partial charge >= 0.3 is 0 Å². The van der Waals surface area contributed by atoms with Crippen LogP contribution in [0.2, 0.25) is 5.02 Å². The lowest BCUT2D eigenvalue weighted by atomic mass is 9.80. The second kappa shape index (κ2) is 8.80. The first-order valence-electron chi connectivity index (χ1n) is 10.9. The summed E-state index contributed by atoms with van der Waals surface area (Å²) in [4.78, 5) is 15.4. The summed E-state index contributed by atoms with van der Waals surface area (Å²) in [5.74, 6) is 1.21. The highest BCUT2D eigenvalue weighted by Crippen LogP contribution is 2.48. The molecule has 0 bridgehead atoms. The number of rotatable bonds is 5. The van der Waals surface area contributed by atoms with E-state index in [1.54, 1.807) is 14.2 Å². The Kier molecular flexibility index (Phi) is 5.69. The zero-order valence-electron chi connectivity index (χ0n) is 18.5. The van der Waals surface area contributed by atoms with Gasteiger partial charge in [0.05, 0.1) is 20.8 Å². The molecule has 0 aliphatic carbocycles. The van der Waals surface area contributed by atoms with Crippen LogP contribution in [0, 0.1) is 0 Å². The molecule has 166 valence electrons. The Morgan fingerprint density at radius 2 is 1.70 bits per heavy atom. The molecule has 1 amide bonds. The Labute approximate surface area is 198 Å². The van der Waals surface area contributed by atoms with E-state index in [0.29, 0.717) is 29.5 Å². The van der Waals surface area contributed by atoms with Gasteiger partial charge < -0.3 is 14.4 Å². The van der Waals surface area contributed by atoms with Gasteiger partial charge in [-0.2, -0.15) is 0 Å². The molecule has 1 unspecified atom stereocenters. The molecule has 0 fully saturated rings. The summed E-state index contributed by atoms with van der Waals surface area (Å²) in [6.07, 6.45) is 0.328. The lowest BCUT2D eigenvalue weighted by Gasteiger charge is -2.36. The van der Waals surface area contributed by atoms with Crippen LogP contribution in [-0.4, -0.2) is 20.1 Å². The number of hydrogen-bond acceptors (Lipinski definition) is 3. The van der Waals surface area contributed by atoms with Crippen LogP contribution >= 0.6 is 11.6 Å². The highest BCUT2D eigenvalue weighted by Gasteiger charge is 2.35. The molecule has 1 atom stereocenters. The second-order valence-corrected chi connectivity index (χ2v) is 8.54. The van der Waals surface area contributed by atoms with E-state index in [-0.39, 0.29) is 11.8 Å². The van der Waals surface area contributed by atoms with Crippen molar-refractivity contribution in [2.45, 2.75) is 18.9 Å². The van der Waals surface area contributed by atoms with Crippen LogP contribution in [-0.2, 0) is 11.3 Å². The summed E-state index contributed by atoms with van der Waals surface area (Å²) >= 11 is 6.44. The molecule has 33 heavy (non-hydrogen) atoms. The predicted molar refractivity (Wildman–Crippen MR) is 133 cm³/mol. The lowest BCUT2D eigenvalue weighted by Crippen LogP contribution is -2.36. The van der Waals surface area contributed by atoms with Crippen molar-refractivity contribution in [3.63, 3.8) is 0 Å². The summed E-state index contributed by atoms with van der Waals surface area (Å²) in [6.45, 7) is 0.422. The maximum absolute atomic E-state index is 13.6. The van der Waals surface area contributed by atoms with Crippen molar-refractivity contribution in [2.24, 2.45) is 0 Å². The number of carbonyl (C=O) groups is 1. The van der Waals surface area contributed by atoms with Gasteiger partial charge in [0.15, 0.2) is 11.5 Å². The number of ether oxygens (including phenoxy) is 2. The number of para-hydroxylation sites is 1. The zero-order chi connectivity index (χ0) is 22.9. The fourth-order valence-electron chi connectivity index (χ4n) is 4.83. The predicted octanol–water partition coefficient (Wildman–Crippen LogP) is 6.58. The number of methoxy groups -OCH3 is 2. The highest BCUT2D eigenvalue weighted by molar-refractivity contribution is 6.31. The number of hydrogen-bond donors (Lipinski definition) is 0. The number of fused-ring (bicyclic) bond motifs is 3. The van der Waals surface area contributed by atoms with E-state index in [0.717, 1.165) is 33.2 Å². The quantitative estimate of drug-likeness (QED) is 0.340. The SMILES string of the molecule is COc1cccc(C2CC(=O)N(Cc3ccccc3Cl)c3ccc4ccccc4c32)c1OC. The standard InChI is InChI=1S/C28H24ClNO3/c1-32-25-13-7-11-21(28(25)33-2)22-16-26(31)30(17-19-9-4-6-12-23(19)29)24-15-14-18-8-3-5-10-20(18)27(22)24/h3-15,22H,16-17H2,1-2H3. The van der Waals surface area contributed by atoms with Crippen LogP contribution in [0.5, 0.6) is 11.5 Å². The molecule has 0 N–H and O–H groups in total. The zero-order valence-corrected chi connectivity index (χ0v) is 19.3. The van der Waals surface area contributed by atoms with Gasteiger partial charge in [0.1, 0.15) is 0 Å². The number of benzene rings is 4. The minimum atomic E-state index is -0.161. The minimum absolute atomic E-state index is 0.0487. The molecule has 1 aliphatic rings. The molecular formula is C28H24ClNO3. The first-order chi connectivity index (χ1) is 16.1. The van der Waals surface area contributed by atoms with E-state index in [2.05, 4.69) is 18.2 Å². The topological polar surface area (TPSA) is 38.8 Å². The van der Waals surface area contributed by atoms with Gasteiger partial charge in [0, 0.05) is 28.6 Å². The molecule has 5 rings (SSSR count). The van der Waals surface area contributed by atoms with Gasteiger partial charge in [-0.05, 0) is 40.1 Å². The molecule has 0 saturated carbocycles. The fourth-order valence-corrected chi connectivity index (χ4v) is 5.02. The largest absolute Gasteiger partial charge is 0.493 e. The molecule has 5 heteroatoms. The third-order valence-electron chi connectivity index (χ3n) is 6.36. The van der Waals surface area contributed by atoms with Gasteiger partial charge in [-0.15, -0.1) is 0 Å². The van der Waals surface area contributed by atoms with Crippen molar-refractivity contribution < 1.29 is 14.3 Å². The van der Waals surface area contributed by atoms with Gasteiger partial charge in [-0.3, -0.25) is 4.79 Å². The van der Waals surface area contributed by atoms with E-state index >= 15 is 0 Å². The van der Waals surface area contributed by atoms with Crippen molar-refractivity contribution in [2.75, 3.05) is 19.1 Å². The van der Waals surface area contributed by atoms with Gasteiger partial charge in [0.25, 0.3) is 0 Å². The first-order valence-corrected chi connectivity index (χ1v) is 11.3. The molecule has 4 aromatic carbocycles. The van der Waals surface area contributed by atoms with Gasteiger partial charge in [0.2, 0.25) is 5.91 Å². The van der Waals surface area contributed by atoms with Crippen molar-refractivity contribution >= 4 is 34.0 Å². The van der Waals surface area contributed by atoms with Crippen molar-refractivity contribution in [3.8, 4) is 11.5 Å². The fraction of sp³-hybridized carbons (Fsp3) is 0.179. The summed E-state index contributed by atoms with van der Waals surface area (Å²) in [6, 6.07) is 25.9. The maximum atomic E-state index is 13.6. The van der Waals surface area contributed by atoms with Gasteiger partial charge in [-0.25, -0.2) is 0 Å². The van der Waals surface area contributed by atoms with Crippen molar-refractivity contribution in [1.29, 1.82) is 0 Å². The third kappa shape index (κ3) is 3.70. The van der Waals surface area contributed by atoms with Crippen LogP contribution in [0.25, 0.3) is 10.8 Å². The van der Waals surface area contributed by atoms with Crippen molar-refractivity contribution in [1.82, 2.24) is 0 Å². The van der Waals surface area contributed by atoms with E-state index in [1.165, 1.54) is 0 Å². The Morgan fingerprint density at radius 3 is 2.48 bits per heavy atom. The average molecular weight is 458 g/mol. The van der Waals surface area contributed by atoms with Gasteiger partial charge in [-0.1, -0.05) is 72.3 Å². The summed E-state index contributed by atoms with van der Waals surface area (Å²) < 4.78 is 11.3. The summed E-state index contributed by atoms with van der Waals surface area (Å²) in [5, 5.41) is 2.92. The Bertz CT molecular complexity index is 1350. The molecule has 0 radical (unpaired) electrons. The summed E-state index contributed by atoms with van der Waals surface area (Å²) in [5.41, 5.74) is 3.88.